The summed E-state index contributed by atoms with van der Waals surface area (Å²) in [6, 6.07) is 8.35. The Morgan fingerprint density at radius 1 is 1.25 bits per heavy atom. The molecule has 2 heterocycles. The number of benzene rings is 1. The van der Waals surface area contributed by atoms with Crippen LogP contribution in [0.5, 0.6) is 0 Å². The molecule has 1 aromatic carbocycles. The van der Waals surface area contributed by atoms with Crippen LogP contribution < -0.4 is 0 Å². The molecule has 28 heavy (non-hydrogen) atoms. The van der Waals surface area contributed by atoms with Crippen LogP contribution in [0.1, 0.15) is 26.7 Å². The van der Waals surface area contributed by atoms with Crippen molar-refractivity contribution < 1.29 is 22.7 Å². The van der Waals surface area contributed by atoms with Gasteiger partial charge in [-0.15, -0.1) is 0 Å². The van der Waals surface area contributed by atoms with Crippen molar-refractivity contribution in [2.45, 2.75) is 38.1 Å². The molecule has 0 saturated heterocycles. The number of fused-ring (bicyclic) bond motifs is 1. The molecule has 1 N–H and O–H groups in total. The first kappa shape index (κ1) is 20.1. The Morgan fingerprint density at radius 2 is 2.00 bits per heavy atom. The summed E-state index contributed by atoms with van der Waals surface area (Å²) in [6.07, 6.45) is 1.99. The highest BCUT2D eigenvalue weighted by molar-refractivity contribution is 7.89. The molecule has 0 radical (unpaired) electrons. The minimum atomic E-state index is -3.60. The van der Waals surface area contributed by atoms with Gasteiger partial charge in [-0.1, -0.05) is 13.8 Å². The third-order valence-electron chi connectivity index (χ3n) is 4.58. The molecule has 0 fully saturated rings. The van der Waals surface area contributed by atoms with Crippen molar-refractivity contribution in [1.82, 2.24) is 13.9 Å². The Hall–Kier alpha value is -2.65. The molecule has 3 rings (SSSR count). The lowest BCUT2D eigenvalue weighted by Crippen LogP contribution is -2.30. The van der Waals surface area contributed by atoms with Gasteiger partial charge in [-0.05, 0) is 36.8 Å². The van der Waals surface area contributed by atoms with Gasteiger partial charge < -0.3 is 14.1 Å². The molecule has 0 aliphatic heterocycles. The highest BCUT2D eigenvalue weighted by Crippen LogP contribution is 2.28. The van der Waals surface area contributed by atoms with Gasteiger partial charge in [-0.3, -0.25) is 4.79 Å². The lowest BCUT2D eigenvalue weighted by atomic mass is 10.3. The monoisotopic (exact) mass is 405 g/mol. The van der Waals surface area contributed by atoms with E-state index < -0.39 is 16.0 Å². The number of nitrogens with zero attached hydrogens (tertiary/aromatic N) is 3. The number of rotatable bonds is 9. The van der Waals surface area contributed by atoms with Crippen molar-refractivity contribution in [2.24, 2.45) is 0 Å². The van der Waals surface area contributed by atoms with Crippen molar-refractivity contribution in [2.75, 3.05) is 13.1 Å². The minimum absolute atomic E-state index is 0.0334. The summed E-state index contributed by atoms with van der Waals surface area (Å²) < 4.78 is 34.3. The Labute approximate surface area is 163 Å². The molecule has 3 aromatic rings. The maximum absolute atomic E-state index is 12.8. The molecular formula is C19H23N3O5S. The van der Waals surface area contributed by atoms with E-state index >= 15 is 0 Å². The van der Waals surface area contributed by atoms with Crippen molar-refractivity contribution in [1.29, 1.82) is 0 Å². The molecule has 0 aliphatic rings. The number of aryl methyl sites for hydroxylation is 1. The third kappa shape index (κ3) is 3.81. The molecule has 0 unspecified atom stereocenters. The number of carboxylic acid groups (broad SMARTS) is 1. The van der Waals surface area contributed by atoms with Crippen LogP contribution in [0.15, 0.2) is 45.9 Å². The lowest BCUT2D eigenvalue weighted by molar-refractivity contribution is -0.137. The molecule has 0 bridgehead atoms. The first-order valence-electron chi connectivity index (χ1n) is 9.14. The summed E-state index contributed by atoms with van der Waals surface area (Å²) >= 11 is 0. The number of furan rings is 1. The second kappa shape index (κ2) is 8.15. The second-order valence-corrected chi connectivity index (χ2v) is 8.24. The molecule has 9 heteroatoms. The number of imidazole rings is 1. The molecule has 0 saturated carbocycles. The largest absolute Gasteiger partial charge is 0.481 e. The quantitative estimate of drug-likeness (QED) is 0.586. The molecule has 2 aromatic heterocycles. The number of carboxylic acids is 1. The van der Waals surface area contributed by atoms with E-state index in [1.165, 1.54) is 10.6 Å². The first-order valence-corrected chi connectivity index (χ1v) is 10.6. The number of hydrogen-bond acceptors (Lipinski definition) is 5. The third-order valence-corrected chi connectivity index (χ3v) is 6.62. The zero-order valence-corrected chi connectivity index (χ0v) is 16.6. The Morgan fingerprint density at radius 3 is 2.61 bits per heavy atom. The first-order chi connectivity index (χ1) is 13.4. The maximum Gasteiger partial charge on any atom is 0.303 e. The van der Waals surface area contributed by atoms with Crippen LogP contribution in [0.3, 0.4) is 0 Å². The van der Waals surface area contributed by atoms with Crippen molar-refractivity contribution in [3.8, 4) is 11.6 Å². The highest BCUT2D eigenvalue weighted by atomic mass is 32.2. The Bertz CT molecular complexity index is 1070. The number of hydrogen-bond donors (Lipinski definition) is 1. The van der Waals surface area contributed by atoms with Gasteiger partial charge in [0.05, 0.1) is 22.2 Å². The Kier molecular flexibility index (Phi) is 5.85. The van der Waals surface area contributed by atoms with E-state index in [1.54, 1.807) is 44.2 Å². The van der Waals surface area contributed by atoms with Gasteiger partial charge in [0.1, 0.15) is 0 Å². The van der Waals surface area contributed by atoms with E-state index in [4.69, 9.17) is 9.52 Å². The molecule has 0 atom stereocenters. The standard InChI is InChI=1S/C19H23N3O5S/c1-3-21(4-2)28(25,26)14-9-10-16-15(13-14)20-19(17-7-6-12-27-17)22(16)11-5-8-18(23)24/h6-7,9-10,12-13H,3-5,8,11H2,1-2H3,(H,23,24). The fourth-order valence-corrected chi connectivity index (χ4v) is 4.67. The van der Waals surface area contributed by atoms with Crippen molar-refractivity contribution in [3.63, 3.8) is 0 Å². The van der Waals surface area contributed by atoms with Crippen LogP contribution in [0.2, 0.25) is 0 Å². The predicted octanol–water partition coefficient (Wildman–Crippen LogP) is 3.19. The fourth-order valence-electron chi connectivity index (χ4n) is 3.19. The van der Waals surface area contributed by atoms with E-state index in [9.17, 15) is 13.2 Å². The van der Waals surface area contributed by atoms with E-state index in [0.717, 1.165) is 5.52 Å². The zero-order chi connectivity index (χ0) is 20.3. The Balaban J connectivity index is 2.08. The van der Waals surface area contributed by atoms with E-state index in [1.807, 2.05) is 4.57 Å². The van der Waals surface area contributed by atoms with Crippen LogP contribution >= 0.6 is 0 Å². The number of aliphatic carboxylic acids is 1. The summed E-state index contributed by atoms with van der Waals surface area (Å²) in [6.45, 7) is 4.80. The summed E-state index contributed by atoms with van der Waals surface area (Å²) in [5, 5.41) is 8.92. The number of sulfonamides is 1. The normalized spacial score (nSPS) is 12.1. The van der Waals surface area contributed by atoms with Gasteiger partial charge in [0.25, 0.3) is 0 Å². The fraction of sp³-hybridized carbons (Fsp3) is 0.368. The van der Waals surface area contributed by atoms with Crippen LogP contribution in [-0.2, 0) is 21.4 Å². The maximum atomic E-state index is 12.8. The highest BCUT2D eigenvalue weighted by Gasteiger charge is 2.23. The van der Waals surface area contributed by atoms with E-state index in [-0.39, 0.29) is 11.3 Å². The number of carbonyl (C=O) groups is 1. The van der Waals surface area contributed by atoms with Gasteiger partial charge in [0.2, 0.25) is 10.0 Å². The topological polar surface area (TPSA) is 106 Å². The van der Waals surface area contributed by atoms with Gasteiger partial charge in [0, 0.05) is 26.1 Å². The summed E-state index contributed by atoms with van der Waals surface area (Å²) in [4.78, 5) is 15.6. The molecule has 0 amide bonds. The second-order valence-electron chi connectivity index (χ2n) is 6.30. The molecule has 8 nitrogen and oxygen atoms in total. The predicted molar refractivity (Wildman–Crippen MR) is 104 cm³/mol. The summed E-state index contributed by atoms with van der Waals surface area (Å²) in [5.74, 6) is 0.221. The van der Waals surface area contributed by atoms with Crippen LogP contribution in [0, 0.1) is 0 Å². The summed E-state index contributed by atoms with van der Waals surface area (Å²) in [5.41, 5.74) is 1.25. The van der Waals surface area contributed by atoms with Crippen molar-refractivity contribution in [3.05, 3.63) is 36.6 Å². The van der Waals surface area contributed by atoms with Gasteiger partial charge >= 0.3 is 5.97 Å². The van der Waals surface area contributed by atoms with Gasteiger partial charge in [-0.2, -0.15) is 4.31 Å². The molecule has 0 spiro atoms. The van der Waals surface area contributed by atoms with Gasteiger partial charge in [0.15, 0.2) is 11.6 Å². The number of aromatic nitrogens is 2. The van der Waals surface area contributed by atoms with Crippen LogP contribution in [0.4, 0.5) is 0 Å². The average molecular weight is 405 g/mol. The SMILES string of the molecule is CCN(CC)S(=O)(=O)c1ccc2c(c1)nc(-c1ccco1)n2CCCC(=O)O. The molecule has 150 valence electrons. The molecular weight excluding hydrogens is 382 g/mol. The van der Waals surface area contributed by atoms with Crippen molar-refractivity contribution >= 4 is 27.0 Å². The van der Waals surface area contributed by atoms with E-state index in [0.29, 0.717) is 43.2 Å². The zero-order valence-electron chi connectivity index (χ0n) is 15.8. The van der Waals surface area contributed by atoms with Gasteiger partial charge in [-0.25, -0.2) is 13.4 Å². The summed E-state index contributed by atoms with van der Waals surface area (Å²) in [7, 11) is -3.60. The van der Waals surface area contributed by atoms with Crippen LogP contribution in [0.25, 0.3) is 22.6 Å². The lowest BCUT2D eigenvalue weighted by Gasteiger charge is -2.18. The minimum Gasteiger partial charge on any atom is -0.481 e. The smallest absolute Gasteiger partial charge is 0.303 e. The molecule has 0 aliphatic carbocycles. The van der Waals surface area contributed by atoms with E-state index in [2.05, 4.69) is 4.98 Å². The van der Waals surface area contributed by atoms with Crippen LogP contribution in [-0.4, -0.2) is 46.4 Å². The average Bonchev–Trinajstić information content (AvgIpc) is 3.29.